The molecule has 24 heavy (non-hydrogen) atoms. The highest BCUT2D eigenvalue weighted by Crippen LogP contribution is 2.46. The molecule has 0 unspecified atom stereocenters. The number of carbonyl (C=O) groups is 1. The van der Waals surface area contributed by atoms with Crippen LogP contribution in [0.15, 0.2) is 35.0 Å². The zero-order valence-corrected chi connectivity index (χ0v) is 16.2. The van der Waals surface area contributed by atoms with E-state index in [0.717, 1.165) is 23.8 Å². The Kier molecular flexibility index (Phi) is 4.88. The monoisotopic (exact) mass is 361 g/mol. The predicted octanol–water partition coefficient (Wildman–Crippen LogP) is 4.67. The first-order valence-corrected chi connectivity index (χ1v) is 9.64. The number of benzene rings is 1. The van der Waals surface area contributed by atoms with Gasteiger partial charge in [-0.2, -0.15) is 0 Å². The summed E-state index contributed by atoms with van der Waals surface area (Å²) in [5.41, 5.74) is 2.37. The second-order valence-electron chi connectivity index (χ2n) is 6.31. The number of nitrogens with zero attached hydrogens (tertiary/aromatic N) is 3. The third-order valence-electron chi connectivity index (χ3n) is 4.21. The first kappa shape index (κ1) is 17.3. The van der Waals surface area contributed by atoms with E-state index in [1.165, 1.54) is 23.1 Å². The largest absolute Gasteiger partial charge is 0.325 e. The summed E-state index contributed by atoms with van der Waals surface area (Å²) in [5.74, 6) is 1.44. The van der Waals surface area contributed by atoms with Gasteiger partial charge in [-0.05, 0) is 43.7 Å². The Bertz CT molecular complexity index is 681. The highest BCUT2D eigenvalue weighted by atomic mass is 32.2. The van der Waals surface area contributed by atoms with Crippen LogP contribution in [-0.4, -0.2) is 34.8 Å². The Morgan fingerprint density at radius 3 is 2.04 bits per heavy atom. The van der Waals surface area contributed by atoms with Crippen LogP contribution in [0, 0.1) is 5.92 Å². The third-order valence-corrected chi connectivity index (χ3v) is 5.74. The van der Waals surface area contributed by atoms with Crippen LogP contribution in [0.4, 0.5) is 16.2 Å². The van der Waals surface area contributed by atoms with Gasteiger partial charge in [0.2, 0.25) is 0 Å². The Balaban J connectivity index is 2.08. The van der Waals surface area contributed by atoms with Gasteiger partial charge in [-0.25, -0.2) is 0 Å². The van der Waals surface area contributed by atoms with Crippen molar-refractivity contribution >= 4 is 45.6 Å². The van der Waals surface area contributed by atoms with Crippen LogP contribution in [-0.2, 0) is 0 Å². The highest BCUT2D eigenvalue weighted by molar-refractivity contribution is 8.19. The van der Waals surface area contributed by atoms with Gasteiger partial charge in [-0.15, -0.1) is 0 Å². The van der Waals surface area contributed by atoms with Crippen LogP contribution in [0.3, 0.4) is 0 Å². The molecule has 4 nitrogen and oxygen atoms in total. The SMILES string of the molecule is CCN1C(=C2SC(=O)N(CC(C)C)C2=S)N(CC)c2ccccc21. The summed E-state index contributed by atoms with van der Waals surface area (Å²) in [4.78, 5) is 20.3. The molecular weight excluding hydrogens is 338 g/mol. The number of anilines is 2. The molecule has 0 aromatic heterocycles. The van der Waals surface area contributed by atoms with Crippen molar-refractivity contribution in [3.63, 3.8) is 0 Å². The number of thiocarbonyl (C=S) groups is 1. The van der Waals surface area contributed by atoms with E-state index in [1.54, 1.807) is 4.90 Å². The molecule has 128 valence electrons. The molecule has 0 atom stereocenters. The zero-order chi connectivity index (χ0) is 17.4. The third kappa shape index (κ3) is 2.71. The Hall–Kier alpha value is -1.53. The van der Waals surface area contributed by atoms with Gasteiger partial charge in [0.05, 0.1) is 16.3 Å². The zero-order valence-electron chi connectivity index (χ0n) is 14.6. The molecular formula is C18H23N3OS2. The van der Waals surface area contributed by atoms with Gasteiger partial charge in [0.25, 0.3) is 5.24 Å². The van der Waals surface area contributed by atoms with Gasteiger partial charge >= 0.3 is 0 Å². The van der Waals surface area contributed by atoms with Gasteiger partial charge in [0.15, 0.2) is 0 Å². The predicted molar refractivity (Wildman–Crippen MR) is 107 cm³/mol. The number of para-hydroxylation sites is 2. The minimum atomic E-state index is 0.0410. The van der Waals surface area contributed by atoms with E-state index in [9.17, 15) is 4.79 Å². The molecule has 0 N–H and O–H groups in total. The molecule has 1 aromatic carbocycles. The summed E-state index contributed by atoms with van der Waals surface area (Å²) in [5, 5.41) is 0.0410. The number of amides is 1. The van der Waals surface area contributed by atoms with E-state index >= 15 is 0 Å². The molecule has 0 aliphatic carbocycles. The molecule has 1 fully saturated rings. The van der Waals surface area contributed by atoms with Crippen molar-refractivity contribution in [2.24, 2.45) is 5.92 Å². The quantitative estimate of drug-likeness (QED) is 0.573. The van der Waals surface area contributed by atoms with Gasteiger partial charge < -0.3 is 9.80 Å². The van der Waals surface area contributed by atoms with Crippen LogP contribution in [0.5, 0.6) is 0 Å². The van der Waals surface area contributed by atoms with Crippen LogP contribution in [0.25, 0.3) is 0 Å². The second-order valence-corrected chi connectivity index (χ2v) is 7.66. The minimum Gasteiger partial charge on any atom is -0.325 e. The molecule has 1 amide bonds. The molecule has 2 aliphatic heterocycles. The number of carbonyl (C=O) groups excluding carboxylic acids is 1. The van der Waals surface area contributed by atoms with E-state index in [2.05, 4.69) is 61.8 Å². The summed E-state index contributed by atoms with van der Waals surface area (Å²) in [6.07, 6.45) is 0. The molecule has 0 bridgehead atoms. The van der Waals surface area contributed by atoms with Gasteiger partial charge in [0.1, 0.15) is 10.8 Å². The van der Waals surface area contributed by atoms with E-state index in [1.807, 2.05) is 0 Å². The van der Waals surface area contributed by atoms with Gasteiger partial charge in [-0.1, -0.05) is 38.2 Å². The smallest absolute Gasteiger partial charge is 0.291 e. The van der Waals surface area contributed by atoms with E-state index < -0.39 is 0 Å². The Labute approximate surface area is 153 Å². The molecule has 2 heterocycles. The maximum atomic E-state index is 12.5. The first-order chi connectivity index (χ1) is 11.5. The minimum absolute atomic E-state index is 0.0410. The van der Waals surface area contributed by atoms with Crippen molar-refractivity contribution in [2.75, 3.05) is 29.4 Å². The molecule has 6 heteroatoms. The van der Waals surface area contributed by atoms with E-state index in [4.69, 9.17) is 12.2 Å². The molecule has 0 spiro atoms. The van der Waals surface area contributed by atoms with Crippen molar-refractivity contribution in [3.8, 4) is 0 Å². The number of thioether (sulfide) groups is 1. The second kappa shape index (κ2) is 6.76. The first-order valence-electron chi connectivity index (χ1n) is 8.41. The average molecular weight is 362 g/mol. The summed E-state index contributed by atoms with van der Waals surface area (Å²) in [6.45, 7) is 10.8. The van der Waals surface area contributed by atoms with Gasteiger partial charge in [0, 0.05) is 19.6 Å². The van der Waals surface area contributed by atoms with Crippen molar-refractivity contribution in [1.29, 1.82) is 0 Å². The fraction of sp³-hybridized carbons (Fsp3) is 0.444. The summed E-state index contributed by atoms with van der Waals surface area (Å²) in [6, 6.07) is 8.37. The average Bonchev–Trinajstić information content (AvgIpc) is 3.02. The van der Waals surface area contributed by atoms with Crippen molar-refractivity contribution in [3.05, 3.63) is 35.0 Å². The normalized spacial score (nSPS) is 17.6. The molecule has 1 saturated heterocycles. The summed E-state index contributed by atoms with van der Waals surface area (Å²) < 4.78 is 0. The maximum Gasteiger partial charge on any atom is 0.291 e. The van der Waals surface area contributed by atoms with Gasteiger partial charge in [-0.3, -0.25) is 9.69 Å². The Morgan fingerprint density at radius 2 is 1.58 bits per heavy atom. The standard InChI is InChI=1S/C18H23N3OS2/c1-5-19-13-9-7-8-10-14(13)20(6-2)16(19)15-17(23)21(11-12(3)4)18(22)24-15/h7-10,12H,5-6,11H2,1-4H3. The van der Waals surface area contributed by atoms with E-state index in [0.29, 0.717) is 17.5 Å². The lowest BCUT2D eigenvalue weighted by atomic mass is 10.2. The molecule has 0 saturated carbocycles. The number of hydrogen-bond acceptors (Lipinski definition) is 5. The van der Waals surface area contributed by atoms with Crippen LogP contribution in [0.1, 0.15) is 27.7 Å². The topological polar surface area (TPSA) is 26.8 Å². The van der Waals surface area contributed by atoms with Crippen molar-refractivity contribution in [2.45, 2.75) is 27.7 Å². The van der Waals surface area contributed by atoms with Crippen molar-refractivity contribution < 1.29 is 4.79 Å². The van der Waals surface area contributed by atoms with Crippen LogP contribution < -0.4 is 9.80 Å². The number of hydrogen-bond donors (Lipinski definition) is 0. The number of fused-ring (bicyclic) bond motifs is 1. The summed E-state index contributed by atoms with van der Waals surface area (Å²) >= 11 is 6.95. The molecule has 1 aromatic rings. The lowest BCUT2D eigenvalue weighted by Crippen LogP contribution is -2.34. The highest BCUT2D eigenvalue weighted by Gasteiger charge is 2.40. The summed E-state index contributed by atoms with van der Waals surface area (Å²) in [7, 11) is 0. The molecule has 2 aliphatic rings. The van der Waals surface area contributed by atoms with Crippen LogP contribution >= 0.6 is 24.0 Å². The molecule has 0 radical (unpaired) electrons. The maximum absolute atomic E-state index is 12.5. The lowest BCUT2D eigenvalue weighted by Gasteiger charge is -2.25. The van der Waals surface area contributed by atoms with E-state index in [-0.39, 0.29) is 5.24 Å². The Morgan fingerprint density at radius 1 is 1.04 bits per heavy atom. The van der Waals surface area contributed by atoms with Crippen molar-refractivity contribution in [1.82, 2.24) is 4.90 Å². The lowest BCUT2D eigenvalue weighted by molar-refractivity contribution is 0.242. The fourth-order valence-electron chi connectivity index (χ4n) is 3.24. The number of rotatable bonds is 4. The molecule has 3 rings (SSSR count). The van der Waals surface area contributed by atoms with Crippen LogP contribution in [0.2, 0.25) is 0 Å². The fourth-order valence-corrected chi connectivity index (χ4v) is 4.63.